The van der Waals surface area contributed by atoms with Crippen molar-refractivity contribution in [2.24, 2.45) is 7.05 Å². The molecule has 0 atom stereocenters. The summed E-state index contributed by atoms with van der Waals surface area (Å²) in [5.41, 5.74) is 4.43. The van der Waals surface area contributed by atoms with E-state index in [2.05, 4.69) is 10.1 Å². The van der Waals surface area contributed by atoms with E-state index >= 15 is 0 Å². The smallest absolute Gasteiger partial charge is 0.269 e. The molecule has 6 rings (SSSR count). The fraction of sp³-hybridized carbons (Fsp3) is 0.120. The molecule has 0 unspecified atom stereocenters. The fourth-order valence-electron chi connectivity index (χ4n) is 4.74. The highest BCUT2D eigenvalue weighted by Crippen LogP contribution is 2.39. The van der Waals surface area contributed by atoms with Crippen LogP contribution in [0.5, 0.6) is 5.75 Å². The third kappa shape index (κ3) is 3.10. The summed E-state index contributed by atoms with van der Waals surface area (Å²) in [7, 11) is 1.43. The number of hydrogen-bond donors (Lipinski definition) is 0. The zero-order chi connectivity index (χ0) is 24.5. The first-order chi connectivity index (χ1) is 16.8. The van der Waals surface area contributed by atoms with Crippen LogP contribution in [-0.4, -0.2) is 46.7 Å². The Morgan fingerprint density at radius 2 is 1.77 bits per heavy atom. The highest BCUT2D eigenvalue weighted by molar-refractivity contribution is 7.90. The summed E-state index contributed by atoms with van der Waals surface area (Å²) in [5, 5.41) is 6.81. The standard InChI is InChI=1S/C25H22BN5O3S/c1-15-4-7-18(8-5-15)35(32,33)31-23(11-20-24-16(12-27-25(20)31)13-28-29(24)2)21-14-30(26)22-9-6-17(34-3)10-19(21)22/h4-14H,26H2,1-3H3. The summed E-state index contributed by atoms with van der Waals surface area (Å²) >= 11 is 0. The molecule has 0 spiro atoms. The quantitative estimate of drug-likeness (QED) is 0.359. The molecule has 2 aromatic carbocycles. The molecule has 10 heteroatoms. The molecule has 0 bridgehead atoms. The van der Waals surface area contributed by atoms with Crippen molar-refractivity contribution in [2.75, 3.05) is 7.11 Å². The average molecular weight is 483 g/mol. The van der Waals surface area contributed by atoms with Crippen molar-refractivity contribution in [3.8, 4) is 17.0 Å². The molecular weight excluding hydrogens is 461 g/mol. The number of pyridine rings is 1. The van der Waals surface area contributed by atoms with Crippen molar-refractivity contribution in [3.63, 3.8) is 0 Å². The van der Waals surface area contributed by atoms with Gasteiger partial charge in [-0.05, 0) is 43.3 Å². The molecule has 8 nitrogen and oxygen atoms in total. The van der Waals surface area contributed by atoms with Gasteiger partial charge in [0, 0.05) is 46.7 Å². The first kappa shape index (κ1) is 21.5. The lowest BCUT2D eigenvalue weighted by Gasteiger charge is -2.12. The first-order valence-electron chi connectivity index (χ1n) is 11.1. The molecule has 35 heavy (non-hydrogen) atoms. The van der Waals surface area contributed by atoms with E-state index in [0.717, 1.165) is 32.9 Å². The predicted octanol–water partition coefficient (Wildman–Crippen LogP) is 3.49. The molecule has 0 aliphatic heterocycles. The third-order valence-corrected chi connectivity index (χ3v) is 8.23. The highest BCUT2D eigenvalue weighted by atomic mass is 32.2. The van der Waals surface area contributed by atoms with E-state index in [1.807, 2.05) is 56.9 Å². The van der Waals surface area contributed by atoms with Crippen molar-refractivity contribution in [2.45, 2.75) is 11.8 Å². The number of methoxy groups -OCH3 is 1. The number of rotatable bonds is 4. The van der Waals surface area contributed by atoms with Gasteiger partial charge in [-0.2, -0.15) is 5.10 Å². The normalized spacial score (nSPS) is 12.2. The molecule has 4 aromatic heterocycles. The molecular formula is C25H22BN5O3S. The van der Waals surface area contributed by atoms with E-state index in [4.69, 9.17) is 4.74 Å². The van der Waals surface area contributed by atoms with Crippen molar-refractivity contribution in [1.82, 2.24) is 23.2 Å². The second-order valence-electron chi connectivity index (χ2n) is 8.72. The maximum Gasteiger partial charge on any atom is 0.269 e. The highest BCUT2D eigenvalue weighted by Gasteiger charge is 2.28. The van der Waals surface area contributed by atoms with Gasteiger partial charge in [-0.25, -0.2) is 17.4 Å². The molecule has 4 heterocycles. The minimum atomic E-state index is -3.97. The Labute approximate surface area is 202 Å². The Hall–Kier alpha value is -4.05. The van der Waals surface area contributed by atoms with E-state index in [0.29, 0.717) is 22.5 Å². The number of hydrogen-bond acceptors (Lipinski definition) is 5. The van der Waals surface area contributed by atoms with Crippen LogP contribution in [0.25, 0.3) is 44.1 Å². The molecule has 0 amide bonds. The minimum Gasteiger partial charge on any atom is -0.497 e. The van der Waals surface area contributed by atoms with Crippen LogP contribution in [0.4, 0.5) is 0 Å². The molecule has 0 fully saturated rings. The van der Waals surface area contributed by atoms with E-state index in [-0.39, 0.29) is 4.90 Å². The van der Waals surface area contributed by atoms with E-state index in [1.54, 1.807) is 48.5 Å². The number of aryl methyl sites for hydroxylation is 2. The lowest BCUT2D eigenvalue weighted by atomic mass is 10.1. The lowest BCUT2D eigenvalue weighted by molar-refractivity contribution is 0.415. The van der Waals surface area contributed by atoms with Gasteiger partial charge >= 0.3 is 0 Å². The number of ether oxygens (including phenoxy) is 1. The van der Waals surface area contributed by atoms with Gasteiger partial charge < -0.3 is 9.21 Å². The molecule has 0 N–H and O–H groups in total. The van der Waals surface area contributed by atoms with Crippen molar-refractivity contribution < 1.29 is 13.2 Å². The molecule has 6 aromatic rings. The Kier molecular flexibility index (Phi) is 4.59. The second-order valence-corrected chi connectivity index (χ2v) is 10.5. The Balaban J connectivity index is 1.77. The van der Waals surface area contributed by atoms with Gasteiger partial charge in [0.1, 0.15) is 5.75 Å². The Bertz CT molecular complexity index is 1880. The van der Waals surface area contributed by atoms with Crippen LogP contribution in [-0.2, 0) is 17.1 Å². The second kappa shape index (κ2) is 7.48. The van der Waals surface area contributed by atoms with Crippen LogP contribution in [0.1, 0.15) is 5.56 Å². The SMILES string of the molecule is Bn1cc(-c2cc3c4c(cnc3n2S(=O)(=O)c2ccc(C)cc2)cnn4C)c2cc(OC)ccc21. The Morgan fingerprint density at radius 1 is 1.00 bits per heavy atom. The summed E-state index contributed by atoms with van der Waals surface area (Å²) in [6, 6.07) is 14.6. The molecule has 0 saturated heterocycles. The summed E-state index contributed by atoms with van der Waals surface area (Å²) in [6.07, 6.45) is 5.34. The minimum absolute atomic E-state index is 0.201. The number of aromatic nitrogens is 5. The summed E-state index contributed by atoms with van der Waals surface area (Å²) in [5.74, 6) is 0.696. The fourth-order valence-corrected chi connectivity index (χ4v) is 6.21. The third-order valence-electron chi connectivity index (χ3n) is 6.51. The van der Waals surface area contributed by atoms with E-state index in [1.165, 1.54) is 3.97 Å². The zero-order valence-corrected chi connectivity index (χ0v) is 20.5. The van der Waals surface area contributed by atoms with Gasteiger partial charge in [-0.3, -0.25) is 4.68 Å². The average Bonchev–Trinajstić information content (AvgIpc) is 3.52. The zero-order valence-electron chi connectivity index (χ0n) is 19.7. The van der Waals surface area contributed by atoms with Crippen molar-refractivity contribution in [3.05, 3.63) is 72.7 Å². The van der Waals surface area contributed by atoms with Gasteiger partial charge in [0.05, 0.1) is 29.4 Å². The monoisotopic (exact) mass is 483 g/mol. The van der Waals surface area contributed by atoms with Gasteiger partial charge in [0.2, 0.25) is 7.98 Å². The van der Waals surface area contributed by atoms with Gasteiger partial charge in [-0.15, -0.1) is 0 Å². The molecule has 174 valence electrons. The van der Waals surface area contributed by atoms with Gasteiger partial charge in [-0.1, -0.05) is 17.7 Å². The van der Waals surface area contributed by atoms with Crippen LogP contribution in [0, 0.1) is 6.92 Å². The predicted molar refractivity (Wildman–Crippen MR) is 139 cm³/mol. The summed E-state index contributed by atoms with van der Waals surface area (Å²) in [6.45, 7) is 1.93. The number of benzene rings is 2. The van der Waals surface area contributed by atoms with Crippen molar-refractivity contribution >= 4 is 50.8 Å². The number of nitrogens with zero attached hydrogens (tertiary/aromatic N) is 5. The summed E-state index contributed by atoms with van der Waals surface area (Å²) < 4.78 is 38.8. The van der Waals surface area contributed by atoms with Crippen molar-refractivity contribution in [1.29, 1.82) is 0 Å². The number of fused-ring (bicyclic) bond motifs is 4. The van der Waals surface area contributed by atoms with E-state index < -0.39 is 10.0 Å². The van der Waals surface area contributed by atoms with Crippen LogP contribution in [0.15, 0.2) is 72.0 Å². The van der Waals surface area contributed by atoms with Gasteiger partial charge in [0.25, 0.3) is 10.0 Å². The molecule has 0 saturated carbocycles. The van der Waals surface area contributed by atoms with Crippen LogP contribution in [0.2, 0.25) is 0 Å². The molecule has 0 aliphatic carbocycles. The van der Waals surface area contributed by atoms with E-state index in [9.17, 15) is 8.42 Å². The topological polar surface area (TPSA) is 83.9 Å². The van der Waals surface area contributed by atoms with Gasteiger partial charge in [0.15, 0.2) is 5.65 Å². The first-order valence-corrected chi connectivity index (χ1v) is 12.5. The maximum atomic E-state index is 14.1. The van der Waals surface area contributed by atoms with Crippen LogP contribution in [0.3, 0.4) is 0 Å². The molecule has 0 aliphatic rings. The lowest BCUT2D eigenvalue weighted by Crippen LogP contribution is -2.14. The Morgan fingerprint density at radius 3 is 2.51 bits per heavy atom. The maximum absolute atomic E-state index is 14.1. The summed E-state index contributed by atoms with van der Waals surface area (Å²) in [4.78, 5) is 4.80. The van der Waals surface area contributed by atoms with Crippen LogP contribution < -0.4 is 4.74 Å². The molecule has 0 radical (unpaired) electrons. The van der Waals surface area contributed by atoms with Crippen LogP contribution >= 0.6 is 0 Å². The largest absolute Gasteiger partial charge is 0.497 e.